The Morgan fingerprint density at radius 2 is 1.62 bits per heavy atom. The number of rotatable bonds is 4. The number of carbonyl (C=O) groups excluding carboxylic acids is 1. The number of benzene rings is 1. The molecule has 2 N–H and O–H groups in total. The molecule has 132 valence electrons. The molecule has 1 saturated heterocycles. The van der Waals surface area contributed by atoms with Gasteiger partial charge in [-0.1, -0.05) is 12.1 Å². The lowest BCUT2D eigenvalue weighted by Crippen LogP contribution is -2.38. The third kappa shape index (κ3) is 3.73. The van der Waals surface area contributed by atoms with E-state index in [4.69, 9.17) is 0 Å². The SMILES string of the molecule is CN(C)c1ccc(CCC(=O)N2C[C@H]3C[C@H](O)[C@@H](O)C[C@H]3C2)cc1. The van der Waals surface area contributed by atoms with Crippen molar-refractivity contribution in [2.75, 3.05) is 32.1 Å². The molecule has 3 rings (SSSR count). The summed E-state index contributed by atoms with van der Waals surface area (Å²) in [5, 5.41) is 19.6. The van der Waals surface area contributed by atoms with Crippen LogP contribution in [-0.4, -0.2) is 60.4 Å². The number of hydrogen-bond acceptors (Lipinski definition) is 4. The minimum absolute atomic E-state index is 0.185. The van der Waals surface area contributed by atoms with Crippen LogP contribution in [0.2, 0.25) is 0 Å². The van der Waals surface area contributed by atoms with E-state index in [-0.39, 0.29) is 5.91 Å². The summed E-state index contributed by atoms with van der Waals surface area (Å²) >= 11 is 0. The number of hydrogen-bond donors (Lipinski definition) is 2. The fourth-order valence-corrected chi connectivity index (χ4v) is 3.98. The van der Waals surface area contributed by atoms with Gasteiger partial charge in [-0.15, -0.1) is 0 Å². The van der Waals surface area contributed by atoms with E-state index in [1.54, 1.807) is 0 Å². The highest BCUT2D eigenvalue weighted by Crippen LogP contribution is 2.36. The topological polar surface area (TPSA) is 64.0 Å². The molecule has 1 saturated carbocycles. The highest BCUT2D eigenvalue weighted by Gasteiger charge is 2.42. The number of likely N-dealkylation sites (tertiary alicyclic amines) is 1. The summed E-state index contributed by atoms with van der Waals surface area (Å²) < 4.78 is 0. The van der Waals surface area contributed by atoms with E-state index in [9.17, 15) is 15.0 Å². The first-order chi connectivity index (χ1) is 11.4. The van der Waals surface area contributed by atoms with Gasteiger partial charge in [0.05, 0.1) is 12.2 Å². The van der Waals surface area contributed by atoms with Gasteiger partial charge in [0.2, 0.25) is 5.91 Å². The zero-order valence-electron chi connectivity index (χ0n) is 14.6. The summed E-state index contributed by atoms with van der Waals surface area (Å²) in [5.41, 5.74) is 2.34. The van der Waals surface area contributed by atoms with E-state index in [1.807, 2.05) is 19.0 Å². The fourth-order valence-electron chi connectivity index (χ4n) is 3.98. The molecule has 1 amide bonds. The molecule has 0 radical (unpaired) electrons. The van der Waals surface area contributed by atoms with Gasteiger partial charge in [0.25, 0.3) is 0 Å². The van der Waals surface area contributed by atoms with Crippen molar-refractivity contribution in [2.45, 2.75) is 37.9 Å². The monoisotopic (exact) mass is 332 g/mol. The molecule has 5 nitrogen and oxygen atoms in total. The second-order valence-corrected chi connectivity index (χ2v) is 7.49. The summed E-state index contributed by atoms with van der Waals surface area (Å²) in [4.78, 5) is 16.5. The number of anilines is 1. The van der Waals surface area contributed by atoms with Crippen molar-refractivity contribution >= 4 is 11.6 Å². The molecule has 1 aliphatic carbocycles. The second-order valence-electron chi connectivity index (χ2n) is 7.49. The van der Waals surface area contributed by atoms with Crippen LogP contribution >= 0.6 is 0 Å². The van der Waals surface area contributed by atoms with Crippen LogP contribution in [0.15, 0.2) is 24.3 Å². The van der Waals surface area contributed by atoms with Crippen molar-refractivity contribution in [3.05, 3.63) is 29.8 Å². The van der Waals surface area contributed by atoms with E-state index in [1.165, 1.54) is 5.56 Å². The molecule has 1 aromatic rings. The number of aryl methyl sites for hydroxylation is 1. The average molecular weight is 332 g/mol. The lowest BCUT2D eigenvalue weighted by molar-refractivity contribution is -0.130. The summed E-state index contributed by atoms with van der Waals surface area (Å²) in [6.07, 6.45) is 1.24. The quantitative estimate of drug-likeness (QED) is 0.872. The zero-order valence-corrected chi connectivity index (χ0v) is 14.6. The molecule has 2 aliphatic rings. The summed E-state index contributed by atoms with van der Waals surface area (Å²) in [6.45, 7) is 1.46. The molecule has 0 unspecified atom stereocenters. The van der Waals surface area contributed by atoms with E-state index < -0.39 is 12.2 Å². The molecular formula is C19H28N2O3. The van der Waals surface area contributed by atoms with Crippen LogP contribution in [0.1, 0.15) is 24.8 Å². The Balaban J connectivity index is 1.51. The first kappa shape index (κ1) is 17.2. The molecule has 1 aliphatic heterocycles. The Bertz CT molecular complexity index is 554. The summed E-state index contributed by atoms with van der Waals surface area (Å²) in [7, 11) is 4.03. The molecule has 0 aromatic heterocycles. The van der Waals surface area contributed by atoms with Crippen LogP contribution in [-0.2, 0) is 11.2 Å². The Kier molecular flexibility index (Phi) is 5.11. The van der Waals surface area contributed by atoms with Crippen molar-refractivity contribution in [3.63, 3.8) is 0 Å². The van der Waals surface area contributed by atoms with Gasteiger partial charge < -0.3 is 20.0 Å². The van der Waals surface area contributed by atoms with Gasteiger partial charge in [-0.05, 0) is 48.8 Å². The van der Waals surface area contributed by atoms with Crippen LogP contribution < -0.4 is 4.90 Å². The largest absolute Gasteiger partial charge is 0.390 e. The van der Waals surface area contributed by atoms with Crippen molar-refractivity contribution in [1.82, 2.24) is 4.90 Å². The van der Waals surface area contributed by atoms with E-state index in [0.29, 0.717) is 31.1 Å². The first-order valence-electron chi connectivity index (χ1n) is 8.84. The third-order valence-electron chi connectivity index (χ3n) is 5.54. The maximum absolute atomic E-state index is 12.5. The fraction of sp³-hybridized carbons (Fsp3) is 0.632. The molecule has 5 heteroatoms. The van der Waals surface area contributed by atoms with Gasteiger partial charge >= 0.3 is 0 Å². The summed E-state index contributed by atoms with van der Waals surface area (Å²) in [6, 6.07) is 8.32. The van der Waals surface area contributed by atoms with E-state index in [0.717, 1.165) is 25.2 Å². The molecular weight excluding hydrogens is 304 g/mol. The lowest BCUT2D eigenvalue weighted by Gasteiger charge is -2.31. The molecule has 0 spiro atoms. The maximum Gasteiger partial charge on any atom is 0.222 e. The van der Waals surface area contributed by atoms with Crippen LogP contribution in [0.25, 0.3) is 0 Å². The number of aliphatic hydroxyl groups is 2. The molecule has 1 aromatic carbocycles. The Morgan fingerprint density at radius 1 is 1.08 bits per heavy atom. The maximum atomic E-state index is 12.5. The zero-order chi connectivity index (χ0) is 17.3. The predicted molar refractivity (Wildman–Crippen MR) is 93.9 cm³/mol. The van der Waals surface area contributed by atoms with Gasteiger partial charge in [0.15, 0.2) is 0 Å². The minimum Gasteiger partial charge on any atom is -0.390 e. The van der Waals surface area contributed by atoms with Crippen LogP contribution in [0.4, 0.5) is 5.69 Å². The van der Waals surface area contributed by atoms with Crippen LogP contribution in [0, 0.1) is 11.8 Å². The van der Waals surface area contributed by atoms with Gasteiger partial charge in [0.1, 0.15) is 0 Å². The average Bonchev–Trinajstić information content (AvgIpc) is 2.96. The molecule has 24 heavy (non-hydrogen) atoms. The molecule has 4 atom stereocenters. The highest BCUT2D eigenvalue weighted by atomic mass is 16.3. The van der Waals surface area contributed by atoms with Crippen molar-refractivity contribution in [1.29, 1.82) is 0 Å². The Labute approximate surface area is 143 Å². The van der Waals surface area contributed by atoms with Gasteiger partial charge in [0, 0.05) is 39.3 Å². The normalized spacial score (nSPS) is 29.4. The highest BCUT2D eigenvalue weighted by molar-refractivity contribution is 5.76. The standard InChI is InChI=1S/C19H28N2O3/c1-20(2)16-6-3-13(4-7-16)5-8-19(24)21-11-14-9-17(22)18(23)10-15(14)12-21/h3-4,6-7,14-15,17-18,22-23H,5,8-12H2,1-2H3/t14-,15+,17-,18-/m0/s1. The Hall–Kier alpha value is -1.59. The Morgan fingerprint density at radius 3 is 2.12 bits per heavy atom. The van der Waals surface area contributed by atoms with Crippen molar-refractivity contribution < 1.29 is 15.0 Å². The van der Waals surface area contributed by atoms with E-state index >= 15 is 0 Å². The number of fused-ring (bicyclic) bond motifs is 1. The smallest absolute Gasteiger partial charge is 0.222 e. The van der Waals surface area contributed by atoms with E-state index in [2.05, 4.69) is 29.2 Å². The van der Waals surface area contributed by atoms with Crippen LogP contribution in [0.5, 0.6) is 0 Å². The molecule has 2 fully saturated rings. The minimum atomic E-state index is -0.628. The van der Waals surface area contributed by atoms with Crippen LogP contribution in [0.3, 0.4) is 0 Å². The lowest BCUT2D eigenvalue weighted by atomic mass is 9.79. The van der Waals surface area contributed by atoms with Gasteiger partial charge in [-0.2, -0.15) is 0 Å². The van der Waals surface area contributed by atoms with Gasteiger partial charge in [-0.3, -0.25) is 4.79 Å². The second kappa shape index (κ2) is 7.11. The number of aliphatic hydroxyl groups excluding tert-OH is 2. The molecule has 0 bridgehead atoms. The van der Waals surface area contributed by atoms with Crippen molar-refractivity contribution in [3.8, 4) is 0 Å². The number of nitrogens with zero attached hydrogens (tertiary/aromatic N) is 2. The number of amides is 1. The van der Waals surface area contributed by atoms with Gasteiger partial charge in [-0.25, -0.2) is 0 Å². The van der Waals surface area contributed by atoms with Crippen molar-refractivity contribution in [2.24, 2.45) is 11.8 Å². The molecule has 1 heterocycles. The first-order valence-corrected chi connectivity index (χ1v) is 8.84. The number of carbonyl (C=O) groups is 1. The third-order valence-corrected chi connectivity index (χ3v) is 5.54. The predicted octanol–water partition coefficient (Wildman–Crippen LogP) is 1.28. The summed E-state index contributed by atoms with van der Waals surface area (Å²) in [5.74, 6) is 0.864.